The molecule has 0 bridgehead atoms. The molecule has 6 heteroatoms. The smallest absolute Gasteiger partial charge is 0.265 e. The van der Waals surface area contributed by atoms with Gasteiger partial charge < -0.3 is 15.8 Å². The minimum atomic E-state index is -0.686. The zero-order chi connectivity index (χ0) is 15.4. The van der Waals surface area contributed by atoms with Crippen molar-refractivity contribution in [3.63, 3.8) is 0 Å². The number of nitrogens with one attached hydrogen (secondary N) is 1. The number of rotatable bonds is 5. The number of hydrogen-bond acceptors (Lipinski definition) is 4. The van der Waals surface area contributed by atoms with Gasteiger partial charge in [0, 0.05) is 0 Å². The van der Waals surface area contributed by atoms with E-state index in [0.717, 1.165) is 5.56 Å². The van der Waals surface area contributed by atoms with Crippen molar-refractivity contribution in [3.8, 4) is 5.75 Å². The van der Waals surface area contributed by atoms with E-state index < -0.39 is 12.0 Å². The van der Waals surface area contributed by atoms with Crippen LogP contribution in [0.15, 0.2) is 35.7 Å². The van der Waals surface area contributed by atoms with Gasteiger partial charge in [0.1, 0.15) is 10.8 Å². The maximum Gasteiger partial charge on any atom is 0.265 e. The maximum atomic E-state index is 12.1. The lowest BCUT2D eigenvalue weighted by Crippen LogP contribution is -2.30. The van der Waals surface area contributed by atoms with E-state index in [1.54, 1.807) is 24.4 Å². The molecule has 0 aliphatic carbocycles. The average Bonchev–Trinajstić information content (AvgIpc) is 2.87. The predicted octanol–water partition coefficient (Wildman–Crippen LogP) is 2.56. The molecule has 0 spiro atoms. The van der Waals surface area contributed by atoms with Gasteiger partial charge in [-0.2, -0.15) is 0 Å². The molecule has 21 heavy (non-hydrogen) atoms. The minimum absolute atomic E-state index is 0.302. The topological polar surface area (TPSA) is 81.4 Å². The molecule has 1 aromatic carbocycles. The summed E-state index contributed by atoms with van der Waals surface area (Å²) in [5.41, 5.74) is 6.59. The molecule has 0 saturated carbocycles. The van der Waals surface area contributed by atoms with Crippen molar-refractivity contribution >= 4 is 28.2 Å². The van der Waals surface area contributed by atoms with E-state index in [9.17, 15) is 9.59 Å². The van der Waals surface area contributed by atoms with Crippen LogP contribution in [-0.4, -0.2) is 17.9 Å². The Morgan fingerprint density at radius 2 is 2.10 bits per heavy atom. The molecule has 0 aliphatic rings. The van der Waals surface area contributed by atoms with Gasteiger partial charge in [0.2, 0.25) is 0 Å². The number of ether oxygens (including phenoxy) is 1. The summed E-state index contributed by atoms with van der Waals surface area (Å²) in [6, 6.07) is 9.03. The highest BCUT2D eigenvalue weighted by atomic mass is 32.1. The van der Waals surface area contributed by atoms with Crippen LogP contribution in [0, 0.1) is 6.92 Å². The first-order valence-electron chi connectivity index (χ1n) is 6.39. The predicted molar refractivity (Wildman–Crippen MR) is 82.7 cm³/mol. The Morgan fingerprint density at radius 3 is 2.76 bits per heavy atom. The van der Waals surface area contributed by atoms with Gasteiger partial charge in [-0.05, 0) is 43.0 Å². The summed E-state index contributed by atoms with van der Waals surface area (Å²) in [5.74, 6) is -0.279. The molecule has 0 saturated heterocycles. The average molecular weight is 304 g/mol. The lowest BCUT2D eigenvalue weighted by molar-refractivity contribution is -0.122. The van der Waals surface area contributed by atoms with Crippen molar-refractivity contribution in [2.75, 3.05) is 5.32 Å². The van der Waals surface area contributed by atoms with Crippen molar-refractivity contribution in [3.05, 3.63) is 46.8 Å². The molecule has 5 nitrogen and oxygen atoms in total. The molecule has 1 aromatic heterocycles. The molecule has 110 valence electrons. The van der Waals surface area contributed by atoms with E-state index in [1.807, 2.05) is 25.1 Å². The van der Waals surface area contributed by atoms with Gasteiger partial charge >= 0.3 is 0 Å². The van der Waals surface area contributed by atoms with E-state index in [1.165, 1.54) is 11.3 Å². The van der Waals surface area contributed by atoms with E-state index >= 15 is 0 Å². The van der Waals surface area contributed by atoms with Crippen LogP contribution in [0.5, 0.6) is 5.75 Å². The standard InChI is InChI=1S/C15H16N2O3S/c1-9-4-3-5-11(8-9)20-10(2)14(19)17-15-12(13(16)18)6-7-21-15/h3-8,10H,1-2H3,(H2,16,18)(H,17,19)/t10-/m1/s1. The van der Waals surface area contributed by atoms with Gasteiger partial charge in [-0.15, -0.1) is 11.3 Å². The summed E-state index contributed by atoms with van der Waals surface area (Å²) in [6.45, 7) is 3.59. The third-order valence-corrected chi connectivity index (χ3v) is 3.67. The largest absolute Gasteiger partial charge is 0.481 e. The Bertz CT molecular complexity index is 666. The fraction of sp³-hybridized carbons (Fsp3) is 0.200. The number of carbonyl (C=O) groups is 2. The molecule has 0 fully saturated rings. The molecule has 0 aliphatic heterocycles. The fourth-order valence-electron chi connectivity index (χ4n) is 1.76. The van der Waals surface area contributed by atoms with E-state index in [2.05, 4.69) is 5.32 Å². The second kappa shape index (κ2) is 6.41. The number of primary amides is 1. The SMILES string of the molecule is Cc1cccc(O[C@H](C)C(=O)Nc2sccc2C(N)=O)c1. The molecule has 0 unspecified atom stereocenters. The highest BCUT2D eigenvalue weighted by molar-refractivity contribution is 7.14. The van der Waals surface area contributed by atoms with Crippen LogP contribution in [0.4, 0.5) is 5.00 Å². The number of anilines is 1. The van der Waals surface area contributed by atoms with Crippen LogP contribution in [0.2, 0.25) is 0 Å². The van der Waals surface area contributed by atoms with Crippen LogP contribution in [0.1, 0.15) is 22.8 Å². The molecule has 2 aromatic rings. The summed E-state index contributed by atoms with van der Waals surface area (Å²) in [6.07, 6.45) is -0.686. The zero-order valence-electron chi connectivity index (χ0n) is 11.8. The van der Waals surface area contributed by atoms with Crippen LogP contribution in [-0.2, 0) is 4.79 Å². The number of carbonyl (C=O) groups excluding carboxylic acids is 2. The first kappa shape index (κ1) is 15.1. The maximum absolute atomic E-state index is 12.1. The molecule has 1 atom stereocenters. The number of thiophene rings is 1. The second-order valence-corrected chi connectivity index (χ2v) is 5.51. The van der Waals surface area contributed by atoms with Crippen molar-refractivity contribution in [1.29, 1.82) is 0 Å². The number of aryl methyl sites for hydroxylation is 1. The lowest BCUT2D eigenvalue weighted by Gasteiger charge is -2.14. The van der Waals surface area contributed by atoms with Crippen molar-refractivity contribution in [2.45, 2.75) is 20.0 Å². The van der Waals surface area contributed by atoms with Gasteiger partial charge in [0.25, 0.3) is 11.8 Å². The fourth-order valence-corrected chi connectivity index (χ4v) is 2.56. The molecule has 2 amide bonds. The molecular formula is C15H16N2O3S. The summed E-state index contributed by atoms with van der Waals surface area (Å²) in [7, 11) is 0. The van der Waals surface area contributed by atoms with Crippen LogP contribution in [0.3, 0.4) is 0 Å². The Balaban J connectivity index is 2.03. The number of benzene rings is 1. The minimum Gasteiger partial charge on any atom is -0.481 e. The number of hydrogen-bond donors (Lipinski definition) is 2. The Labute approximate surface area is 126 Å². The van der Waals surface area contributed by atoms with Gasteiger partial charge in [0.15, 0.2) is 6.10 Å². The van der Waals surface area contributed by atoms with Crippen LogP contribution < -0.4 is 15.8 Å². The Kier molecular flexibility index (Phi) is 4.59. The second-order valence-electron chi connectivity index (χ2n) is 4.59. The van der Waals surface area contributed by atoms with Crippen molar-refractivity contribution < 1.29 is 14.3 Å². The van der Waals surface area contributed by atoms with Gasteiger partial charge in [-0.1, -0.05) is 12.1 Å². The molecule has 2 rings (SSSR count). The Morgan fingerprint density at radius 1 is 1.33 bits per heavy atom. The van der Waals surface area contributed by atoms with E-state index in [4.69, 9.17) is 10.5 Å². The Hall–Kier alpha value is -2.34. The first-order valence-corrected chi connectivity index (χ1v) is 7.27. The van der Waals surface area contributed by atoms with Crippen LogP contribution >= 0.6 is 11.3 Å². The van der Waals surface area contributed by atoms with Gasteiger partial charge in [0.05, 0.1) is 5.56 Å². The third-order valence-electron chi connectivity index (χ3n) is 2.84. The summed E-state index contributed by atoms with van der Waals surface area (Å²) in [5, 5.41) is 4.79. The van der Waals surface area contributed by atoms with Crippen molar-refractivity contribution in [1.82, 2.24) is 0 Å². The number of amides is 2. The quantitative estimate of drug-likeness (QED) is 0.890. The zero-order valence-corrected chi connectivity index (χ0v) is 12.6. The molecule has 1 heterocycles. The van der Waals surface area contributed by atoms with Gasteiger partial charge in [-0.3, -0.25) is 9.59 Å². The molecule has 0 radical (unpaired) electrons. The van der Waals surface area contributed by atoms with Crippen LogP contribution in [0.25, 0.3) is 0 Å². The third kappa shape index (κ3) is 3.82. The molecular weight excluding hydrogens is 288 g/mol. The van der Waals surface area contributed by atoms with E-state index in [0.29, 0.717) is 16.3 Å². The first-order chi connectivity index (χ1) is 9.97. The highest BCUT2D eigenvalue weighted by Gasteiger charge is 2.18. The van der Waals surface area contributed by atoms with E-state index in [-0.39, 0.29) is 5.91 Å². The normalized spacial score (nSPS) is 11.7. The highest BCUT2D eigenvalue weighted by Crippen LogP contribution is 2.23. The summed E-state index contributed by atoms with van der Waals surface area (Å²) < 4.78 is 5.58. The lowest BCUT2D eigenvalue weighted by atomic mass is 10.2. The monoisotopic (exact) mass is 304 g/mol. The summed E-state index contributed by atoms with van der Waals surface area (Å²) >= 11 is 1.24. The number of nitrogens with two attached hydrogens (primary N) is 1. The van der Waals surface area contributed by atoms with Crippen molar-refractivity contribution in [2.24, 2.45) is 5.73 Å². The molecule has 3 N–H and O–H groups in total. The van der Waals surface area contributed by atoms with Gasteiger partial charge in [-0.25, -0.2) is 0 Å². The summed E-state index contributed by atoms with van der Waals surface area (Å²) in [4.78, 5) is 23.3.